The van der Waals surface area contributed by atoms with Crippen molar-refractivity contribution in [2.24, 2.45) is 0 Å². The fourth-order valence-electron chi connectivity index (χ4n) is 0.321. The first kappa shape index (κ1) is 32.3. The predicted molar refractivity (Wildman–Crippen MR) is 47.7 cm³/mol. The van der Waals surface area contributed by atoms with Gasteiger partial charge in [-0.25, -0.2) is 12.1 Å². The molecule has 10 heavy (non-hydrogen) atoms. The van der Waals surface area contributed by atoms with Gasteiger partial charge in [-0.1, -0.05) is 0 Å². The van der Waals surface area contributed by atoms with Crippen LogP contribution in [0, 0.1) is 29.7 Å². The van der Waals surface area contributed by atoms with Crippen molar-refractivity contribution in [2.45, 2.75) is 0 Å². The summed E-state index contributed by atoms with van der Waals surface area (Å²) in [5.41, 5.74) is 0. The van der Waals surface area contributed by atoms with E-state index in [-0.39, 0.29) is 50.8 Å². The molecule has 0 aliphatic heterocycles. The molecule has 0 bridgehead atoms. The molecule has 0 unspecified atom stereocenters. The molecule has 0 saturated heterocycles. The van der Waals surface area contributed by atoms with Crippen molar-refractivity contribution in [1.29, 1.82) is 0 Å². The quantitative estimate of drug-likeness (QED) is 0.466. The minimum Gasteiger partial charge on any atom is -0.358 e. The average molecular weight is 221 g/mol. The van der Waals surface area contributed by atoms with Gasteiger partial charge in [0.1, 0.15) is 0 Å². The molecular weight excluding hydrogens is 204 g/mol. The van der Waals surface area contributed by atoms with Crippen LogP contribution in [-0.2, 0) is 21.1 Å². The Morgan fingerprint density at radius 1 is 0.700 bits per heavy atom. The molecule has 0 aromatic heterocycles. The molecule has 1 aromatic carbocycles. The van der Waals surface area contributed by atoms with Crippen molar-refractivity contribution >= 4 is 0 Å². The molecule has 0 nitrogen and oxygen atoms in total. The Hall–Kier alpha value is 0.0383. The van der Waals surface area contributed by atoms with Crippen molar-refractivity contribution in [1.82, 2.24) is 0 Å². The van der Waals surface area contributed by atoms with Crippen LogP contribution < -0.4 is 0 Å². The minimum atomic E-state index is 0. The van der Waals surface area contributed by atoms with E-state index >= 15 is 0 Å². The Balaban J connectivity index is -0.0000000167. The predicted octanol–water partition coefficient (Wildman–Crippen LogP) is 3.20. The first-order chi connectivity index (χ1) is 2.50. The van der Waals surface area contributed by atoms with Crippen molar-refractivity contribution < 1.29 is 21.1 Å². The molecule has 0 amide bonds. The summed E-state index contributed by atoms with van der Waals surface area (Å²) in [5.74, 6) is 0. The monoisotopic (exact) mass is 223 g/mol. The van der Waals surface area contributed by atoms with E-state index in [0.29, 0.717) is 0 Å². The third-order valence-corrected chi connectivity index (χ3v) is 0.556. The van der Waals surface area contributed by atoms with E-state index in [0.717, 1.165) is 0 Å². The van der Waals surface area contributed by atoms with Crippen molar-refractivity contribution in [3.63, 3.8) is 0 Å². The van der Waals surface area contributed by atoms with Gasteiger partial charge in [0.2, 0.25) is 0 Å². The fraction of sp³-hybridized carbons (Fsp3) is 0. The van der Waals surface area contributed by atoms with E-state index in [9.17, 15) is 0 Å². The maximum atomic E-state index is 2.00. The third-order valence-electron chi connectivity index (χ3n) is 0.556. The molecule has 0 aliphatic carbocycles. The van der Waals surface area contributed by atoms with Gasteiger partial charge in [0.05, 0.1) is 0 Å². The molecular formula is C9H17Mo-5. The Labute approximate surface area is 81.3 Å². The number of hydrogen-bond acceptors (Lipinski definition) is 0. The summed E-state index contributed by atoms with van der Waals surface area (Å²) in [6.45, 7) is 0. The maximum absolute atomic E-state index is 2.00. The van der Waals surface area contributed by atoms with Crippen molar-refractivity contribution in [2.75, 3.05) is 0 Å². The first-order valence-corrected chi connectivity index (χ1v) is 1.67. The summed E-state index contributed by atoms with van der Waals surface area (Å²) < 4.78 is 0. The molecule has 1 rings (SSSR count). The van der Waals surface area contributed by atoms with E-state index < -0.39 is 0 Å². The normalized spacial score (nSPS) is 4.00. The van der Waals surface area contributed by atoms with Gasteiger partial charge in [-0.05, 0) is 0 Å². The largest absolute Gasteiger partial charge is 0.358 e. The van der Waals surface area contributed by atoms with Crippen LogP contribution in [-0.4, -0.2) is 0 Å². The van der Waals surface area contributed by atoms with Crippen LogP contribution >= 0.6 is 0 Å². The van der Waals surface area contributed by atoms with E-state index in [1.165, 1.54) is 0 Å². The summed E-state index contributed by atoms with van der Waals surface area (Å²) in [7, 11) is 0. The van der Waals surface area contributed by atoms with Crippen LogP contribution in [0.25, 0.3) is 0 Å². The first-order valence-electron chi connectivity index (χ1n) is 1.67. The summed E-state index contributed by atoms with van der Waals surface area (Å²) in [5, 5.41) is 0. The second kappa shape index (κ2) is 23.0. The van der Waals surface area contributed by atoms with Gasteiger partial charge < -0.3 is 29.7 Å². The Bertz CT molecular complexity index is 61.2. The van der Waals surface area contributed by atoms with Gasteiger partial charge in [0.15, 0.2) is 0 Å². The second-order valence-electron chi connectivity index (χ2n) is 0.962. The van der Waals surface area contributed by atoms with E-state index in [2.05, 4.69) is 0 Å². The Morgan fingerprint density at radius 3 is 1.10 bits per heavy atom. The Kier molecular flexibility index (Phi) is 74.3. The zero-order chi connectivity index (χ0) is 3.54. The summed E-state index contributed by atoms with van der Waals surface area (Å²) >= 11 is 0. The smallest absolute Gasteiger partial charge is 0 e. The standard InChI is InChI=1S/C5H5.4CH3.Mo/c1-2-4-5-3-1;;;;;/h1-5H;4*1H3;/q5*-1;. The van der Waals surface area contributed by atoms with Crippen LogP contribution in [0.5, 0.6) is 0 Å². The Morgan fingerprint density at radius 2 is 1.00 bits per heavy atom. The second-order valence-corrected chi connectivity index (χ2v) is 0.962. The average Bonchev–Trinajstić information content (AvgIpc) is 1.76. The van der Waals surface area contributed by atoms with E-state index in [1.807, 2.05) is 30.3 Å². The van der Waals surface area contributed by atoms with Crippen LogP contribution in [0.1, 0.15) is 0 Å². The zero-order valence-electron chi connectivity index (χ0n) is 7.29. The van der Waals surface area contributed by atoms with E-state index in [4.69, 9.17) is 0 Å². The molecule has 0 spiro atoms. The van der Waals surface area contributed by atoms with Gasteiger partial charge in [-0.2, -0.15) is 18.2 Å². The topological polar surface area (TPSA) is 0 Å². The van der Waals surface area contributed by atoms with Crippen LogP contribution in [0.4, 0.5) is 0 Å². The molecule has 0 fully saturated rings. The fourth-order valence-corrected chi connectivity index (χ4v) is 0.321. The molecule has 0 heterocycles. The van der Waals surface area contributed by atoms with Crippen LogP contribution in [0.3, 0.4) is 0 Å². The molecule has 64 valence electrons. The van der Waals surface area contributed by atoms with E-state index in [1.54, 1.807) is 0 Å². The molecule has 0 saturated carbocycles. The molecule has 0 N–H and O–H groups in total. The molecule has 1 heteroatoms. The number of hydrogen-bond donors (Lipinski definition) is 0. The van der Waals surface area contributed by atoms with Crippen molar-refractivity contribution in [3.8, 4) is 0 Å². The molecule has 0 atom stereocenters. The van der Waals surface area contributed by atoms with Gasteiger partial charge >= 0.3 is 0 Å². The number of rotatable bonds is 0. The molecule has 0 radical (unpaired) electrons. The summed E-state index contributed by atoms with van der Waals surface area (Å²) in [4.78, 5) is 0. The SMILES string of the molecule is [CH3-].[CH3-].[CH3-].[CH3-].[Mo].c1cc[cH-]c1. The van der Waals surface area contributed by atoms with Crippen LogP contribution in [0.15, 0.2) is 30.3 Å². The van der Waals surface area contributed by atoms with Gasteiger partial charge in [-0.15, -0.1) is 0 Å². The van der Waals surface area contributed by atoms with Crippen LogP contribution in [0.2, 0.25) is 0 Å². The van der Waals surface area contributed by atoms with Gasteiger partial charge in [0.25, 0.3) is 0 Å². The van der Waals surface area contributed by atoms with Gasteiger partial charge in [0, 0.05) is 21.1 Å². The summed E-state index contributed by atoms with van der Waals surface area (Å²) in [6, 6.07) is 10.0. The minimum absolute atomic E-state index is 0. The maximum Gasteiger partial charge on any atom is 0 e. The molecule has 0 aliphatic rings. The zero-order valence-corrected chi connectivity index (χ0v) is 9.30. The van der Waals surface area contributed by atoms with Gasteiger partial charge in [-0.3, -0.25) is 0 Å². The third kappa shape index (κ3) is 15.7. The molecule has 1 aromatic rings. The summed E-state index contributed by atoms with van der Waals surface area (Å²) in [6.07, 6.45) is 0. The van der Waals surface area contributed by atoms with Crippen molar-refractivity contribution in [3.05, 3.63) is 60.0 Å².